The molecule has 2 N–H and O–H groups in total. The SMILES string of the molecule is CC1CCCC(C)N1NC(=O)C1CCc2ccccc2N1. The van der Waals surface area contributed by atoms with Crippen molar-refractivity contribution in [3.8, 4) is 0 Å². The van der Waals surface area contributed by atoms with Crippen LogP contribution in [0.25, 0.3) is 0 Å². The number of aryl methyl sites for hydroxylation is 1. The monoisotopic (exact) mass is 287 g/mol. The van der Waals surface area contributed by atoms with Crippen LogP contribution in [0.4, 0.5) is 5.69 Å². The van der Waals surface area contributed by atoms with E-state index in [9.17, 15) is 4.79 Å². The number of carbonyl (C=O) groups is 1. The van der Waals surface area contributed by atoms with Gasteiger partial charge in [-0.15, -0.1) is 0 Å². The fourth-order valence-electron chi connectivity index (χ4n) is 3.48. The summed E-state index contributed by atoms with van der Waals surface area (Å²) >= 11 is 0. The normalized spacial score (nSPS) is 29.3. The average molecular weight is 287 g/mol. The molecule has 1 aromatic carbocycles. The molecule has 1 aromatic rings. The minimum absolute atomic E-state index is 0.102. The second-order valence-corrected chi connectivity index (χ2v) is 6.41. The van der Waals surface area contributed by atoms with Crippen molar-refractivity contribution in [1.29, 1.82) is 0 Å². The third kappa shape index (κ3) is 3.05. The van der Waals surface area contributed by atoms with Crippen LogP contribution >= 0.6 is 0 Å². The quantitative estimate of drug-likeness (QED) is 0.879. The topological polar surface area (TPSA) is 44.4 Å². The number of piperidine rings is 1. The zero-order valence-electron chi connectivity index (χ0n) is 12.9. The second kappa shape index (κ2) is 6.06. The van der Waals surface area contributed by atoms with Crippen LogP contribution in [0.15, 0.2) is 24.3 Å². The summed E-state index contributed by atoms with van der Waals surface area (Å²) in [6, 6.07) is 8.98. The lowest BCUT2D eigenvalue weighted by molar-refractivity contribution is -0.130. The maximum atomic E-state index is 12.6. The molecule has 2 heterocycles. The maximum absolute atomic E-state index is 12.6. The van der Waals surface area contributed by atoms with E-state index in [1.54, 1.807) is 0 Å². The van der Waals surface area contributed by atoms with Crippen LogP contribution in [0.1, 0.15) is 45.1 Å². The molecule has 0 aliphatic carbocycles. The number of para-hydroxylation sites is 1. The fraction of sp³-hybridized carbons (Fsp3) is 0.588. The largest absolute Gasteiger partial charge is 0.373 e. The molecule has 0 radical (unpaired) electrons. The first-order chi connectivity index (χ1) is 10.1. The smallest absolute Gasteiger partial charge is 0.256 e. The van der Waals surface area contributed by atoms with Gasteiger partial charge in [0.15, 0.2) is 0 Å². The van der Waals surface area contributed by atoms with Gasteiger partial charge in [0.25, 0.3) is 5.91 Å². The molecule has 1 saturated heterocycles. The molecule has 4 heteroatoms. The van der Waals surface area contributed by atoms with E-state index in [0.717, 1.165) is 31.4 Å². The highest BCUT2D eigenvalue weighted by molar-refractivity contribution is 5.85. The predicted octanol–water partition coefficient (Wildman–Crippen LogP) is 2.71. The number of hydrogen-bond donors (Lipinski definition) is 2. The summed E-state index contributed by atoms with van der Waals surface area (Å²) in [5, 5.41) is 5.52. The molecule has 114 valence electrons. The molecule has 3 rings (SSSR count). The third-order valence-electron chi connectivity index (χ3n) is 4.80. The first-order valence-corrected chi connectivity index (χ1v) is 8.08. The van der Waals surface area contributed by atoms with Gasteiger partial charge in [0.05, 0.1) is 0 Å². The lowest BCUT2D eigenvalue weighted by Crippen LogP contribution is -2.57. The van der Waals surface area contributed by atoms with Gasteiger partial charge in [0.2, 0.25) is 0 Å². The number of nitrogens with one attached hydrogen (secondary N) is 2. The van der Waals surface area contributed by atoms with Gasteiger partial charge < -0.3 is 5.32 Å². The highest BCUT2D eigenvalue weighted by Crippen LogP contribution is 2.25. The van der Waals surface area contributed by atoms with Crippen LogP contribution in [0.3, 0.4) is 0 Å². The lowest BCUT2D eigenvalue weighted by atomic mass is 9.97. The number of rotatable bonds is 2. The Morgan fingerprint density at radius 1 is 1.19 bits per heavy atom. The number of fused-ring (bicyclic) bond motifs is 1. The minimum atomic E-state index is -0.124. The summed E-state index contributed by atoms with van der Waals surface area (Å²) < 4.78 is 0. The van der Waals surface area contributed by atoms with E-state index >= 15 is 0 Å². The molecule has 0 bridgehead atoms. The van der Waals surface area contributed by atoms with E-state index in [0.29, 0.717) is 12.1 Å². The Hall–Kier alpha value is -1.55. The first kappa shape index (κ1) is 14.4. The van der Waals surface area contributed by atoms with Gasteiger partial charge in [-0.05, 0) is 51.2 Å². The summed E-state index contributed by atoms with van der Waals surface area (Å²) in [7, 11) is 0. The Balaban J connectivity index is 1.64. The average Bonchev–Trinajstić information content (AvgIpc) is 2.50. The number of carbonyl (C=O) groups excluding carboxylic acids is 1. The lowest BCUT2D eigenvalue weighted by Gasteiger charge is -2.40. The van der Waals surface area contributed by atoms with Crippen molar-refractivity contribution in [2.24, 2.45) is 0 Å². The molecule has 21 heavy (non-hydrogen) atoms. The number of anilines is 1. The van der Waals surface area contributed by atoms with Crippen molar-refractivity contribution in [1.82, 2.24) is 10.4 Å². The van der Waals surface area contributed by atoms with Crippen LogP contribution in [0, 0.1) is 0 Å². The molecule has 0 saturated carbocycles. The first-order valence-electron chi connectivity index (χ1n) is 8.08. The highest BCUT2D eigenvalue weighted by atomic mass is 16.2. The van der Waals surface area contributed by atoms with E-state index in [4.69, 9.17) is 0 Å². The highest BCUT2D eigenvalue weighted by Gasteiger charge is 2.30. The summed E-state index contributed by atoms with van der Waals surface area (Å²) in [5.41, 5.74) is 5.56. The van der Waals surface area contributed by atoms with E-state index < -0.39 is 0 Å². The molecular formula is C17H25N3O. The van der Waals surface area contributed by atoms with E-state index in [2.05, 4.69) is 47.8 Å². The molecule has 3 unspecified atom stereocenters. The number of benzene rings is 1. The van der Waals surface area contributed by atoms with Gasteiger partial charge in [-0.2, -0.15) is 0 Å². The third-order valence-corrected chi connectivity index (χ3v) is 4.80. The van der Waals surface area contributed by atoms with Crippen LogP contribution < -0.4 is 10.7 Å². The Labute approximate surface area is 126 Å². The zero-order valence-corrected chi connectivity index (χ0v) is 12.9. The zero-order chi connectivity index (χ0) is 14.8. The van der Waals surface area contributed by atoms with Crippen molar-refractivity contribution in [2.75, 3.05) is 5.32 Å². The molecule has 2 aliphatic rings. The Morgan fingerprint density at radius 2 is 1.90 bits per heavy atom. The number of amides is 1. The van der Waals surface area contributed by atoms with Gasteiger partial charge in [0, 0.05) is 17.8 Å². The maximum Gasteiger partial charge on any atom is 0.256 e. The van der Waals surface area contributed by atoms with Crippen LogP contribution in [-0.2, 0) is 11.2 Å². The number of nitrogens with zero attached hydrogens (tertiary/aromatic N) is 1. The van der Waals surface area contributed by atoms with Crippen molar-refractivity contribution < 1.29 is 4.79 Å². The fourth-order valence-corrected chi connectivity index (χ4v) is 3.48. The minimum Gasteiger partial charge on any atom is -0.373 e. The van der Waals surface area contributed by atoms with Crippen LogP contribution in [0.5, 0.6) is 0 Å². The Bertz CT molecular complexity index is 507. The standard InChI is InChI=1S/C17H25N3O/c1-12-6-5-7-13(2)20(12)19-17(21)16-11-10-14-8-3-4-9-15(14)18-16/h3-4,8-9,12-13,16,18H,5-7,10-11H2,1-2H3,(H,19,21). The molecule has 2 aliphatic heterocycles. The molecule has 1 amide bonds. The molecular weight excluding hydrogens is 262 g/mol. The van der Waals surface area contributed by atoms with Gasteiger partial charge >= 0.3 is 0 Å². The van der Waals surface area contributed by atoms with Gasteiger partial charge in [-0.1, -0.05) is 24.6 Å². The van der Waals surface area contributed by atoms with Crippen LogP contribution in [0.2, 0.25) is 0 Å². The van der Waals surface area contributed by atoms with Gasteiger partial charge in [-0.3, -0.25) is 10.2 Å². The summed E-state index contributed by atoms with van der Waals surface area (Å²) in [6.07, 6.45) is 5.40. The second-order valence-electron chi connectivity index (χ2n) is 6.41. The van der Waals surface area contributed by atoms with Crippen molar-refractivity contribution >= 4 is 11.6 Å². The van der Waals surface area contributed by atoms with E-state index in [-0.39, 0.29) is 11.9 Å². The Morgan fingerprint density at radius 3 is 2.67 bits per heavy atom. The van der Waals surface area contributed by atoms with E-state index in [1.165, 1.54) is 12.0 Å². The molecule has 0 spiro atoms. The summed E-state index contributed by atoms with van der Waals surface area (Å²) in [4.78, 5) is 12.6. The molecule has 3 atom stereocenters. The van der Waals surface area contributed by atoms with Gasteiger partial charge in [-0.25, -0.2) is 5.01 Å². The Kier molecular flexibility index (Phi) is 4.15. The molecule has 4 nitrogen and oxygen atoms in total. The van der Waals surface area contributed by atoms with Gasteiger partial charge in [0.1, 0.15) is 6.04 Å². The molecule has 0 aromatic heterocycles. The molecule has 1 fully saturated rings. The van der Waals surface area contributed by atoms with Crippen molar-refractivity contribution in [2.45, 2.75) is 64.1 Å². The number of hydrazine groups is 1. The van der Waals surface area contributed by atoms with Crippen molar-refractivity contribution in [3.05, 3.63) is 29.8 Å². The predicted molar refractivity (Wildman–Crippen MR) is 84.9 cm³/mol. The number of hydrogen-bond acceptors (Lipinski definition) is 3. The van der Waals surface area contributed by atoms with Crippen LogP contribution in [-0.4, -0.2) is 29.0 Å². The van der Waals surface area contributed by atoms with E-state index in [1.807, 2.05) is 6.07 Å². The summed E-state index contributed by atoms with van der Waals surface area (Å²) in [5.74, 6) is 0.102. The van der Waals surface area contributed by atoms with Crippen molar-refractivity contribution in [3.63, 3.8) is 0 Å². The summed E-state index contributed by atoms with van der Waals surface area (Å²) in [6.45, 7) is 4.39.